The van der Waals surface area contributed by atoms with E-state index in [0.29, 0.717) is 19.3 Å². The Labute approximate surface area is 97.9 Å². The first-order valence-electron chi connectivity index (χ1n) is 6.13. The minimum atomic E-state index is -1.04. The lowest BCUT2D eigenvalue weighted by Gasteiger charge is -2.40. The van der Waals surface area contributed by atoms with Gasteiger partial charge in [-0.05, 0) is 38.0 Å². The van der Waals surface area contributed by atoms with Gasteiger partial charge in [-0.15, -0.1) is 0 Å². The summed E-state index contributed by atoms with van der Waals surface area (Å²) in [5.74, 6) is -0.866. The van der Waals surface area contributed by atoms with Crippen LogP contribution in [0.25, 0.3) is 0 Å². The fourth-order valence-electron chi connectivity index (χ4n) is 3.02. The zero-order chi connectivity index (χ0) is 12.6. The normalized spacial score (nSPS) is 32.3. The largest absolute Gasteiger partial charge is 0.481 e. The zero-order valence-electron chi connectivity index (χ0n) is 10.8. The molecule has 1 aliphatic carbocycles. The Morgan fingerprint density at radius 3 is 2.25 bits per heavy atom. The van der Waals surface area contributed by atoms with Crippen molar-refractivity contribution in [3.8, 4) is 0 Å². The molecular formula is C13H24O3. The van der Waals surface area contributed by atoms with Crippen LogP contribution in [0, 0.1) is 10.8 Å². The van der Waals surface area contributed by atoms with Crippen LogP contribution in [0.1, 0.15) is 59.8 Å². The van der Waals surface area contributed by atoms with Crippen LogP contribution in [0.15, 0.2) is 0 Å². The van der Waals surface area contributed by atoms with E-state index in [1.165, 1.54) is 0 Å². The predicted octanol–water partition coefficient (Wildman–Crippen LogP) is 2.82. The second-order valence-corrected chi connectivity index (χ2v) is 6.26. The van der Waals surface area contributed by atoms with Gasteiger partial charge in [0.05, 0.1) is 11.0 Å². The number of carbonyl (C=O) groups is 1. The summed E-state index contributed by atoms with van der Waals surface area (Å²) in [6.07, 6.45) is 3.40. The van der Waals surface area contributed by atoms with Gasteiger partial charge in [0.25, 0.3) is 0 Å². The standard InChI is InChI=1S/C13H24O3/c1-5-6-12(4,10(14)15)13(16)8-7-11(2,3)9-13/h16H,5-9H2,1-4H3,(H,14,15). The molecule has 0 saturated heterocycles. The molecule has 1 aliphatic rings. The van der Waals surface area contributed by atoms with Crippen molar-refractivity contribution in [3.05, 3.63) is 0 Å². The van der Waals surface area contributed by atoms with Crippen molar-refractivity contribution in [3.63, 3.8) is 0 Å². The van der Waals surface area contributed by atoms with E-state index in [-0.39, 0.29) is 5.41 Å². The third-order valence-electron chi connectivity index (χ3n) is 4.24. The molecule has 0 spiro atoms. The summed E-state index contributed by atoms with van der Waals surface area (Å²) in [6, 6.07) is 0. The van der Waals surface area contributed by atoms with E-state index in [2.05, 4.69) is 13.8 Å². The van der Waals surface area contributed by atoms with Crippen molar-refractivity contribution >= 4 is 5.97 Å². The van der Waals surface area contributed by atoms with Gasteiger partial charge >= 0.3 is 5.97 Å². The van der Waals surface area contributed by atoms with Crippen molar-refractivity contribution < 1.29 is 15.0 Å². The number of aliphatic hydroxyl groups is 1. The molecule has 0 amide bonds. The first-order valence-corrected chi connectivity index (χ1v) is 6.13. The maximum atomic E-state index is 11.5. The highest BCUT2D eigenvalue weighted by Crippen LogP contribution is 2.53. The van der Waals surface area contributed by atoms with Gasteiger partial charge in [0.1, 0.15) is 0 Å². The number of carboxylic acid groups (broad SMARTS) is 1. The van der Waals surface area contributed by atoms with Crippen LogP contribution in [0.5, 0.6) is 0 Å². The molecule has 3 nitrogen and oxygen atoms in total. The molecule has 0 heterocycles. The van der Waals surface area contributed by atoms with Gasteiger partial charge in [0.2, 0.25) is 0 Å². The SMILES string of the molecule is CCCC(C)(C(=O)O)C1(O)CCC(C)(C)C1. The van der Waals surface area contributed by atoms with Crippen LogP contribution in [-0.2, 0) is 4.79 Å². The predicted molar refractivity (Wildman–Crippen MR) is 63.2 cm³/mol. The van der Waals surface area contributed by atoms with Gasteiger partial charge in [-0.25, -0.2) is 0 Å². The zero-order valence-corrected chi connectivity index (χ0v) is 10.8. The van der Waals surface area contributed by atoms with Gasteiger partial charge in [-0.2, -0.15) is 0 Å². The molecule has 0 aromatic heterocycles. The number of rotatable bonds is 4. The summed E-state index contributed by atoms with van der Waals surface area (Å²) < 4.78 is 0. The molecule has 1 fully saturated rings. The van der Waals surface area contributed by atoms with Crippen LogP contribution >= 0.6 is 0 Å². The smallest absolute Gasteiger partial charge is 0.312 e. The van der Waals surface area contributed by atoms with Crippen LogP contribution in [-0.4, -0.2) is 21.8 Å². The molecule has 1 saturated carbocycles. The molecular weight excluding hydrogens is 204 g/mol. The van der Waals surface area contributed by atoms with Gasteiger partial charge in [-0.3, -0.25) is 4.79 Å². The molecule has 3 heteroatoms. The quantitative estimate of drug-likeness (QED) is 0.778. The van der Waals surface area contributed by atoms with E-state index in [9.17, 15) is 15.0 Å². The maximum Gasteiger partial charge on any atom is 0.312 e. The number of aliphatic carboxylic acids is 1. The first kappa shape index (κ1) is 13.5. The molecule has 0 aromatic carbocycles. The minimum absolute atomic E-state index is 0.0548. The van der Waals surface area contributed by atoms with Gasteiger partial charge in [-0.1, -0.05) is 27.2 Å². The van der Waals surface area contributed by atoms with Crippen molar-refractivity contribution in [1.29, 1.82) is 0 Å². The van der Waals surface area contributed by atoms with Crippen LogP contribution in [0.2, 0.25) is 0 Å². The van der Waals surface area contributed by atoms with Gasteiger partial charge in [0, 0.05) is 0 Å². The molecule has 16 heavy (non-hydrogen) atoms. The Balaban J connectivity index is 3.00. The molecule has 2 unspecified atom stereocenters. The molecule has 1 rings (SSSR count). The average molecular weight is 228 g/mol. The van der Waals surface area contributed by atoms with Crippen LogP contribution in [0.3, 0.4) is 0 Å². The molecule has 0 radical (unpaired) electrons. The van der Waals surface area contributed by atoms with E-state index < -0.39 is 17.0 Å². The summed E-state index contributed by atoms with van der Waals surface area (Å²) in [5.41, 5.74) is -1.99. The second kappa shape index (κ2) is 4.02. The Hall–Kier alpha value is -0.570. The van der Waals surface area contributed by atoms with Crippen LogP contribution < -0.4 is 0 Å². The Morgan fingerprint density at radius 2 is 1.94 bits per heavy atom. The van der Waals surface area contributed by atoms with Crippen molar-refractivity contribution in [1.82, 2.24) is 0 Å². The molecule has 0 aromatic rings. The summed E-state index contributed by atoms with van der Waals surface area (Å²) in [7, 11) is 0. The highest BCUT2D eigenvalue weighted by atomic mass is 16.4. The van der Waals surface area contributed by atoms with Gasteiger partial charge in [0.15, 0.2) is 0 Å². The highest BCUT2D eigenvalue weighted by molar-refractivity contribution is 5.76. The van der Waals surface area contributed by atoms with Crippen molar-refractivity contribution in [2.45, 2.75) is 65.4 Å². The lowest BCUT2D eigenvalue weighted by atomic mass is 9.68. The molecule has 2 atom stereocenters. The van der Waals surface area contributed by atoms with E-state index in [0.717, 1.165) is 12.8 Å². The van der Waals surface area contributed by atoms with Crippen LogP contribution in [0.4, 0.5) is 0 Å². The third kappa shape index (κ3) is 2.10. The minimum Gasteiger partial charge on any atom is -0.481 e. The van der Waals surface area contributed by atoms with E-state index in [1.54, 1.807) is 6.92 Å². The molecule has 0 aliphatic heterocycles. The summed E-state index contributed by atoms with van der Waals surface area (Å²) in [5, 5.41) is 20.1. The number of carboxylic acids is 1. The van der Waals surface area contributed by atoms with E-state index >= 15 is 0 Å². The van der Waals surface area contributed by atoms with Gasteiger partial charge < -0.3 is 10.2 Å². The Kier molecular flexibility index (Phi) is 3.39. The number of hydrogen-bond donors (Lipinski definition) is 2. The summed E-state index contributed by atoms with van der Waals surface area (Å²) >= 11 is 0. The highest BCUT2D eigenvalue weighted by Gasteiger charge is 2.56. The second-order valence-electron chi connectivity index (χ2n) is 6.26. The fourth-order valence-corrected chi connectivity index (χ4v) is 3.02. The van der Waals surface area contributed by atoms with E-state index in [4.69, 9.17) is 0 Å². The fraction of sp³-hybridized carbons (Fsp3) is 0.923. The third-order valence-corrected chi connectivity index (χ3v) is 4.24. The average Bonchev–Trinajstić information content (AvgIpc) is 2.42. The molecule has 0 bridgehead atoms. The first-order chi connectivity index (χ1) is 7.17. The molecule has 94 valence electrons. The summed E-state index contributed by atoms with van der Waals surface area (Å²) in [6.45, 7) is 7.85. The Morgan fingerprint density at radius 1 is 1.38 bits per heavy atom. The molecule has 2 N–H and O–H groups in total. The lowest BCUT2D eigenvalue weighted by Crippen LogP contribution is -2.50. The van der Waals surface area contributed by atoms with E-state index in [1.807, 2.05) is 6.92 Å². The topological polar surface area (TPSA) is 57.5 Å². The van der Waals surface area contributed by atoms with Crippen molar-refractivity contribution in [2.24, 2.45) is 10.8 Å². The maximum absolute atomic E-state index is 11.5. The van der Waals surface area contributed by atoms with Crippen molar-refractivity contribution in [2.75, 3.05) is 0 Å². The summed E-state index contributed by atoms with van der Waals surface area (Å²) in [4.78, 5) is 11.5. The lowest BCUT2D eigenvalue weighted by molar-refractivity contribution is -0.168. The number of hydrogen-bond acceptors (Lipinski definition) is 2. The monoisotopic (exact) mass is 228 g/mol. The Bertz CT molecular complexity index is 285.